The molecule has 0 N–H and O–H groups in total. The van der Waals surface area contributed by atoms with Crippen LogP contribution >= 0.6 is 11.6 Å². The van der Waals surface area contributed by atoms with Crippen molar-refractivity contribution in [2.75, 3.05) is 31.1 Å². The van der Waals surface area contributed by atoms with Crippen LogP contribution < -0.4 is 10.4 Å². The van der Waals surface area contributed by atoms with Crippen molar-refractivity contribution in [2.45, 2.75) is 71.4 Å². The Morgan fingerprint density at radius 1 is 1.03 bits per heavy atom. The van der Waals surface area contributed by atoms with E-state index in [1.165, 1.54) is 11.0 Å². The number of piperazine rings is 1. The predicted molar refractivity (Wildman–Crippen MR) is 135 cm³/mol. The van der Waals surface area contributed by atoms with E-state index >= 15 is 0 Å². The maximum Gasteiger partial charge on any atom is 0.496 e. The monoisotopic (exact) mass is 542 g/mol. The summed E-state index contributed by atoms with van der Waals surface area (Å²) >= 11 is 6.61. The summed E-state index contributed by atoms with van der Waals surface area (Å²) in [5.41, 5.74) is -1.50. The maximum atomic E-state index is 13.8. The minimum atomic E-state index is -4.76. The number of rotatable bonds is 2. The molecular weight excluding hydrogens is 512 g/mol. The van der Waals surface area contributed by atoms with Crippen molar-refractivity contribution in [3.63, 3.8) is 0 Å². The molecule has 37 heavy (non-hydrogen) atoms. The van der Waals surface area contributed by atoms with E-state index in [0.29, 0.717) is 10.8 Å². The van der Waals surface area contributed by atoms with Crippen LogP contribution in [0.4, 0.5) is 23.8 Å². The van der Waals surface area contributed by atoms with Crippen LogP contribution in [0.3, 0.4) is 0 Å². The summed E-state index contributed by atoms with van der Waals surface area (Å²) < 4.78 is 58.9. The van der Waals surface area contributed by atoms with Crippen LogP contribution in [-0.4, -0.2) is 71.1 Å². The number of anilines is 1. The first-order valence-electron chi connectivity index (χ1n) is 12.0. The summed E-state index contributed by atoms with van der Waals surface area (Å²) in [6.45, 7) is 13.9. The molecule has 2 aromatic rings. The number of carbonyl (C=O) groups excluding carboxylic acids is 1. The SMILES string of the molecule is CC(C)(C)OC(=O)N1CCN(c2nc(C(F)(F)F)nc3cc(B4OC(C)(C)C(C)(C)O4)c(Cl)cc23)CC1. The van der Waals surface area contributed by atoms with E-state index in [1.54, 1.807) is 31.7 Å². The zero-order chi connectivity index (χ0) is 27.6. The maximum absolute atomic E-state index is 13.8. The van der Waals surface area contributed by atoms with Gasteiger partial charge in [-0.05, 0) is 60.6 Å². The zero-order valence-corrected chi connectivity index (χ0v) is 22.8. The Kier molecular flexibility index (Phi) is 6.87. The summed E-state index contributed by atoms with van der Waals surface area (Å²) in [5, 5.41) is 0.631. The van der Waals surface area contributed by atoms with E-state index in [0.717, 1.165) is 0 Å². The molecule has 8 nitrogen and oxygen atoms in total. The van der Waals surface area contributed by atoms with Crippen molar-refractivity contribution in [1.29, 1.82) is 0 Å². The van der Waals surface area contributed by atoms with E-state index in [1.807, 2.05) is 27.7 Å². The van der Waals surface area contributed by atoms with Crippen molar-refractivity contribution in [2.24, 2.45) is 0 Å². The normalized spacial score (nSPS) is 20.0. The van der Waals surface area contributed by atoms with Crippen LogP contribution in [0.25, 0.3) is 10.9 Å². The molecule has 202 valence electrons. The smallest absolute Gasteiger partial charge is 0.444 e. The molecule has 0 aliphatic carbocycles. The van der Waals surface area contributed by atoms with E-state index in [4.69, 9.17) is 25.6 Å². The highest BCUT2D eigenvalue weighted by Gasteiger charge is 2.52. The molecule has 1 aromatic carbocycles. The van der Waals surface area contributed by atoms with E-state index < -0.39 is 42.0 Å². The molecule has 0 spiro atoms. The number of hydrogen-bond donors (Lipinski definition) is 0. The van der Waals surface area contributed by atoms with Crippen molar-refractivity contribution >= 4 is 47.0 Å². The average molecular weight is 543 g/mol. The number of amides is 1. The van der Waals surface area contributed by atoms with Gasteiger partial charge in [-0.2, -0.15) is 13.2 Å². The van der Waals surface area contributed by atoms with Crippen molar-refractivity contribution in [1.82, 2.24) is 14.9 Å². The molecule has 2 aliphatic heterocycles. The van der Waals surface area contributed by atoms with Crippen molar-refractivity contribution in [3.05, 3.63) is 23.0 Å². The second-order valence-electron chi connectivity index (χ2n) is 11.3. The van der Waals surface area contributed by atoms with Gasteiger partial charge in [0.25, 0.3) is 0 Å². The summed E-state index contributed by atoms with van der Waals surface area (Å²) in [6, 6.07) is 3.02. The number of alkyl halides is 3. The van der Waals surface area contributed by atoms with Gasteiger partial charge in [-0.15, -0.1) is 0 Å². The topological polar surface area (TPSA) is 77.0 Å². The van der Waals surface area contributed by atoms with Gasteiger partial charge in [0.2, 0.25) is 5.82 Å². The fraction of sp³-hybridized carbons (Fsp3) is 0.625. The minimum absolute atomic E-state index is 0.0704. The molecule has 0 radical (unpaired) electrons. The van der Waals surface area contributed by atoms with Gasteiger partial charge < -0.3 is 23.8 Å². The molecular formula is C24H31BClF3N4O4. The Bertz CT molecular complexity index is 1200. The Morgan fingerprint density at radius 2 is 1.59 bits per heavy atom. The fourth-order valence-electron chi connectivity index (χ4n) is 4.10. The molecule has 2 saturated heterocycles. The van der Waals surface area contributed by atoms with Crippen LogP contribution in [0.1, 0.15) is 54.3 Å². The Morgan fingerprint density at radius 3 is 2.11 bits per heavy atom. The molecule has 0 unspecified atom stereocenters. The first kappa shape index (κ1) is 27.7. The van der Waals surface area contributed by atoms with Crippen molar-refractivity contribution in [3.8, 4) is 0 Å². The third kappa shape index (κ3) is 5.61. The first-order chi connectivity index (χ1) is 16.9. The van der Waals surface area contributed by atoms with Crippen LogP contribution in [0, 0.1) is 0 Å². The molecule has 4 rings (SSSR count). The van der Waals surface area contributed by atoms with E-state index in [2.05, 4.69) is 9.97 Å². The van der Waals surface area contributed by atoms with Crippen LogP contribution in [0.2, 0.25) is 5.02 Å². The lowest BCUT2D eigenvalue weighted by Crippen LogP contribution is -2.50. The number of halogens is 4. The number of aromatic nitrogens is 2. The largest absolute Gasteiger partial charge is 0.496 e. The number of benzene rings is 1. The number of nitrogens with zero attached hydrogens (tertiary/aromatic N) is 4. The third-order valence-electron chi connectivity index (χ3n) is 6.79. The lowest BCUT2D eigenvalue weighted by atomic mass is 9.78. The molecule has 13 heteroatoms. The van der Waals surface area contributed by atoms with Gasteiger partial charge >= 0.3 is 19.4 Å². The second-order valence-corrected chi connectivity index (χ2v) is 11.7. The number of ether oxygens (including phenoxy) is 1. The lowest BCUT2D eigenvalue weighted by molar-refractivity contribution is -0.144. The first-order valence-corrected chi connectivity index (χ1v) is 12.4. The number of fused-ring (bicyclic) bond motifs is 1. The lowest BCUT2D eigenvalue weighted by Gasteiger charge is -2.36. The summed E-state index contributed by atoms with van der Waals surface area (Å²) in [6.07, 6.45) is -5.23. The van der Waals surface area contributed by atoms with Gasteiger partial charge in [0.05, 0.1) is 16.7 Å². The van der Waals surface area contributed by atoms with Gasteiger partial charge in [-0.1, -0.05) is 11.6 Å². The zero-order valence-electron chi connectivity index (χ0n) is 22.0. The number of hydrogen-bond acceptors (Lipinski definition) is 7. The highest BCUT2D eigenvalue weighted by molar-refractivity contribution is 6.66. The molecule has 0 saturated carbocycles. The van der Waals surface area contributed by atoms with Gasteiger partial charge in [0.1, 0.15) is 11.4 Å². The predicted octanol–water partition coefficient (Wildman–Crippen LogP) is 4.66. The van der Waals surface area contributed by atoms with Crippen LogP contribution in [0.5, 0.6) is 0 Å². The Hall–Kier alpha value is -2.31. The van der Waals surface area contributed by atoms with Crippen molar-refractivity contribution < 1.29 is 32.0 Å². The van der Waals surface area contributed by atoms with E-state index in [-0.39, 0.29) is 42.5 Å². The van der Waals surface area contributed by atoms with Gasteiger partial charge in [-0.3, -0.25) is 0 Å². The molecule has 1 aromatic heterocycles. The van der Waals surface area contributed by atoms with E-state index in [9.17, 15) is 18.0 Å². The second kappa shape index (κ2) is 9.16. The summed E-state index contributed by atoms with van der Waals surface area (Å²) in [4.78, 5) is 23.3. The number of carbonyl (C=O) groups is 1. The quantitative estimate of drug-likeness (QED) is 0.511. The molecule has 0 atom stereocenters. The Balaban J connectivity index is 1.69. The minimum Gasteiger partial charge on any atom is -0.444 e. The molecule has 0 bridgehead atoms. The summed E-state index contributed by atoms with van der Waals surface area (Å²) in [5.74, 6) is -1.16. The molecule has 3 heterocycles. The molecule has 1 amide bonds. The van der Waals surface area contributed by atoms with Gasteiger partial charge in [0.15, 0.2) is 0 Å². The standard InChI is InChI=1S/C24H31BClF3N4O4/c1-21(2,3)35-20(34)33-10-8-32(9-11-33)18-14-12-16(26)15(25-36-22(4,5)23(6,7)37-25)13-17(14)30-19(31-18)24(27,28)29/h12-13H,8-11H2,1-7H3. The molecule has 2 aliphatic rings. The fourth-order valence-corrected chi connectivity index (χ4v) is 4.35. The van der Waals surface area contributed by atoms with Gasteiger partial charge in [0, 0.05) is 42.1 Å². The molecule has 2 fully saturated rings. The van der Waals surface area contributed by atoms with Crippen LogP contribution in [-0.2, 0) is 20.2 Å². The Labute approximate surface area is 219 Å². The highest BCUT2D eigenvalue weighted by Crippen LogP contribution is 2.38. The van der Waals surface area contributed by atoms with Crippen LogP contribution in [0.15, 0.2) is 12.1 Å². The average Bonchev–Trinajstić information content (AvgIpc) is 2.97. The highest BCUT2D eigenvalue weighted by atomic mass is 35.5. The summed E-state index contributed by atoms with van der Waals surface area (Å²) in [7, 11) is -0.868. The third-order valence-corrected chi connectivity index (χ3v) is 7.11. The van der Waals surface area contributed by atoms with Gasteiger partial charge in [-0.25, -0.2) is 14.8 Å².